The van der Waals surface area contributed by atoms with E-state index in [9.17, 15) is 0 Å². The number of aryl methyl sites for hydroxylation is 1. The molecule has 0 aliphatic carbocycles. The van der Waals surface area contributed by atoms with Crippen molar-refractivity contribution in [1.29, 1.82) is 0 Å². The summed E-state index contributed by atoms with van der Waals surface area (Å²) in [7, 11) is 0. The lowest BCUT2D eigenvalue weighted by molar-refractivity contribution is 0.288. The van der Waals surface area contributed by atoms with Crippen LogP contribution >= 0.6 is 27.7 Å². The molecule has 1 aromatic heterocycles. The molecule has 1 heterocycles. The van der Waals surface area contributed by atoms with Crippen molar-refractivity contribution in [2.75, 3.05) is 0 Å². The smallest absolute Gasteiger partial charge is 0.191 e. The maximum atomic E-state index is 5.89. The van der Waals surface area contributed by atoms with E-state index < -0.39 is 0 Å². The topological polar surface area (TPSA) is 39.9 Å². The van der Waals surface area contributed by atoms with Gasteiger partial charge in [-0.1, -0.05) is 58.9 Å². The second kappa shape index (κ2) is 9.24. The van der Waals surface area contributed by atoms with Crippen LogP contribution in [0.4, 0.5) is 0 Å². The van der Waals surface area contributed by atoms with Crippen molar-refractivity contribution in [3.8, 4) is 5.75 Å². The fourth-order valence-electron chi connectivity index (χ4n) is 2.59. The summed E-state index contributed by atoms with van der Waals surface area (Å²) in [4.78, 5) is 0. The molecular formula is C20H22BrN3OS. The highest BCUT2D eigenvalue weighted by atomic mass is 79.9. The van der Waals surface area contributed by atoms with Crippen LogP contribution in [0.2, 0.25) is 0 Å². The van der Waals surface area contributed by atoms with Crippen LogP contribution < -0.4 is 4.74 Å². The number of ether oxygens (including phenoxy) is 1. The standard InChI is InChI=1S/C20H22BrN3OS/c1-3-15-8-10-18(11-9-15)25-13-19-22-23-20(24(19)4-2)26-14-16-6-5-7-17(21)12-16/h5-12H,3-4,13-14H2,1-2H3. The number of aromatic nitrogens is 3. The van der Waals surface area contributed by atoms with Gasteiger partial charge in [-0.3, -0.25) is 0 Å². The molecule has 0 N–H and O–H groups in total. The van der Waals surface area contributed by atoms with Crippen LogP contribution in [0.1, 0.15) is 30.8 Å². The summed E-state index contributed by atoms with van der Waals surface area (Å²) in [5.74, 6) is 2.57. The fourth-order valence-corrected chi connectivity index (χ4v) is 4.00. The van der Waals surface area contributed by atoms with E-state index in [-0.39, 0.29) is 0 Å². The van der Waals surface area contributed by atoms with Gasteiger partial charge in [0, 0.05) is 16.8 Å². The van der Waals surface area contributed by atoms with Gasteiger partial charge in [-0.15, -0.1) is 10.2 Å². The molecule has 0 atom stereocenters. The quantitative estimate of drug-likeness (QED) is 0.441. The maximum absolute atomic E-state index is 5.89. The van der Waals surface area contributed by atoms with Gasteiger partial charge in [0.05, 0.1) is 0 Å². The first-order chi connectivity index (χ1) is 12.7. The van der Waals surface area contributed by atoms with Crippen LogP contribution in [0.5, 0.6) is 5.75 Å². The molecule has 0 fully saturated rings. The fraction of sp³-hybridized carbons (Fsp3) is 0.300. The molecule has 6 heteroatoms. The Morgan fingerprint density at radius 2 is 1.85 bits per heavy atom. The molecule has 0 aliphatic rings. The molecule has 0 saturated heterocycles. The number of nitrogens with zero attached hydrogens (tertiary/aromatic N) is 3. The summed E-state index contributed by atoms with van der Waals surface area (Å²) in [5.41, 5.74) is 2.56. The van der Waals surface area contributed by atoms with Gasteiger partial charge in [0.15, 0.2) is 11.0 Å². The average molecular weight is 432 g/mol. The van der Waals surface area contributed by atoms with Gasteiger partial charge in [-0.2, -0.15) is 0 Å². The van der Waals surface area contributed by atoms with Crippen molar-refractivity contribution in [3.63, 3.8) is 0 Å². The first-order valence-electron chi connectivity index (χ1n) is 8.70. The molecular weight excluding hydrogens is 410 g/mol. The van der Waals surface area contributed by atoms with Crippen LogP contribution in [0.3, 0.4) is 0 Å². The zero-order valence-corrected chi connectivity index (χ0v) is 17.4. The number of thioether (sulfide) groups is 1. The van der Waals surface area contributed by atoms with E-state index in [0.29, 0.717) is 6.61 Å². The summed E-state index contributed by atoms with van der Waals surface area (Å²) < 4.78 is 9.09. The second-order valence-electron chi connectivity index (χ2n) is 5.85. The first kappa shape index (κ1) is 19.0. The number of hydrogen-bond acceptors (Lipinski definition) is 4. The molecule has 2 aromatic carbocycles. The lowest BCUT2D eigenvalue weighted by atomic mass is 10.2. The molecule has 136 valence electrons. The lowest BCUT2D eigenvalue weighted by Crippen LogP contribution is -2.07. The molecule has 26 heavy (non-hydrogen) atoms. The van der Waals surface area contributed by atoms with Gasteiger partial charge in [-0.05, 0) is 48.7 Å². The number of halogens is 1. The van der Waals surface area contributed by atoms with Crippen molar-refractivity contribution in [3.05, 3.63) is 70.0 Å². The molecule has 0 spiro atoms. The van der Waals surface area contributed by atoms with Gasteiger partial charge < -0.3 is 9.30 Å². The molecule has 0 radical (unpaired) electrons. The molecule has 3 rings (SSSR count). The molecule has 0 aliphatic heterocycles. The Balaban J connectivity index is 1.63. The molecule has 0 amide bonds. The predicted molar refractivity (Wildman–Crippen MR) is 110 cm³/mol. The first-order valence-corrected chi connectivity index (χ1v) is 10.5. The normalized spacial score (nSPS) is 10.9. The third kappa shape index (κ3) is 4.89. The van der Waals surface area contributed by atoms with Crippen molar-refractivity contribution >= 4 is 27.7 Å². The summed E-state index contributed by atoms with van der Waals surface area (Å²) >= 11 is 5.21. The zero-order valence-electron chi connectivity index (χ0n) is 15.0. The predicted octanol–water partition coefficient (Wildman–Crippen LogP) is 5.49. The Morgan fingerprint density at radius 3 is 2.54 bits per heavy atom. The van der Waals surface area contributed by atoms with Gasteiger partial charge in [0.1, 0.15) is 12.4 Å². The summed E-state index contributed by atoms with van der Waals surface area (Å²) in [6.07, 6.45) is 1.03. The van der Waals surface area contributed by atoms with Crippen molar-refractivity contribution in [1.82, 2.24) is 14.8 Å². The summed E-state index contributed by atoms with van der Waals surface area (Å²) in [6, 6.07) is 16.5. The minimum Gasteiger partial charge on any atom is -0.486 e. The van der Waals surface area contributed by atoms with Gasteiger partial charge in [0.25, 0.3) is 0 Å². The molecule has 0 unspecified atom stereocenters. The summed E-state index contributed by atoms with van der Waals surface area (Å²) in [6.45, 7) is 5.49. The number of rotatable bonds is 8. The minimum atomic E-state index is 0.420. The summed E-state index contributed by atoms with van der Waals surface area (Å²) in [5, 5.41) is 9.60. The Bertz CT molecular complexity index is 849. The third-order valence-corrected chi connectivity index (χ3v) is 5.60. The van der Waals surface area contributed by atoms with E-state index in [1.165, 1.54) is 11.1 Å². The Labute approximate surface area is 167 Å². The van der Waals surface area contributed by atoms with Crippen LogP contribution in [0.25, 0.3) is 0 Å². The van der Waals surface area contributed by atoms with Gasteiger partial charge >= 0.3 is 0 Å². The molecule has 0 bridgehead atoms. The molecule has 4 nitrogen and oxygen atoms in total. The highest BCUT2D eigenvalue weighted by Gasteiger charge is 2.12. The van der Waals surface area contributed by atoms with Crippen molar-refractivity contribution < 1.29 is 4.74 Å². The number of benzene rings is 2. The largest absolute Gasteiger partial charge is 0.486 e. The van der Waals surface area contributed by atoms with E-state index >= 15 is 0 Å². The van der Waals surface area contributed by atoms with E-state index in [0.717, 1.165) is 39.9 Å². The van der Waals surface area contributed by atoms with Gasteiger partial charge in [-0.25, -0.2) is 0 Å². The van der Waals surface area contributed by atoms with E-state index in [1.54, 1.807) is 11.8 Å². The maximum Gasteiger partial charge on any atom is 0.191 e. The molecule has 0 saturated carbocycles. The van der Waals surface area contributed by atoms with Crippen LogP contribution in [-0.4, -0.2) is 14.8 Å². The van der Waals surface area contributed by atoms with E-state index in [1.807, 2.05) is 24.3 Å². The van der Waals surface area contributed by atoms with Gasteiger partial charge in [0.2, 0.25) is 0 Å². The lowest BCUT2D eigenvalue weighted by Gasteiger charge is -2.09. The average Bonchev–Trinajstić information content (AvgIpc) is 3.07. The molecule has 3 aromatic rings. The highest BCUT2D eigenvalue weighted by Crippen LogP contribution is 2.24. The van der Waals surface area contributed by atoms with Crippen LogP contribution in [0, 0.1) is 0 Å². The monoisotopic (exact) mass is 431 g/mol. The van der Waals surface area contributed by atoms with Crippen molar-refractivity contribution in [2.45, 2.75) is 44.3 Å². The SMILES string of the molecule is CCc1ccc(OCc2nnc(SCc3cccc(Br)c3)n2CC)cc1. The number of hydrogen-bond donors (Lipinski definition) is 0. The van der Waals surface area contributed by atoms with E-state index in [4.69, 9.17) is 4.74 Å². The van der Waals surface area contributed by atoms with Crippen molar-refractivity contribution in [2.24, 2.45) is 0 Å². The Hall–Kier alpha value is -1.79. The third-order valence-electron chi connectivity index (χ3n) is 4.07. The highest BCUT2D eigenvalue weighted by molar-refractivity contribution is 9.10. The van der Waals surface area contributed by atoms with Crippen LogP contribution in [-0.2, 0) is 25.3 Å². The van der Waals surface area contributed by atoms with E-state index in [2.05, 4.69) is 68.8 Å². The Kier molecular flexibility index (Phi) is 6.74. The zero-order chi connectivity index (χ0) is 18.4. The second-order valence-corrected chi connectivity index (χ2v) is 7.71. The van der Waals surface area contributed by atoms with Crippen LogP contribution in [0.15, 0.2) is 58.2 Å². The minimum absolute atomic E-state index is 0.420. The Morgan fingerprint density at radius 1 is 1.04 bits per heavy atom.